The normalized spacial score (nSPS) is 18.1. The summed E-state index contributed by atoms with van der Waals surface area (Å²) in [4.78, 5) is 12.8. The first-order valence-corrected chi connectivity index (χ1v) is 9.80. The Morgan fingerprint density at radius 1 is 1.07 bits per heavy atom. The molecule has 0 spiro atoms. The molecule has 1 aromatic carbocycles. The summed E-state index contributed by atoms with van der Waals surface area (Å²) in [5.74, 6) is 0. The Balaban J connectivity index is 1.61. The Hall–Kier alpha value is -2.37. The van der Waals surface area contributed by atoms with Gasteiger partial charge in [0.1, 0.15) is 5.65 Å². The predicted octanol–water partition coefficient (Wildman–Crippen LogP) is 3.36. The number of hydrogen-bond donors (Lipinski definition) is 1. The maximum Gasteiger partial charge on any atom is 0.137 e. The number of nitrogens with zero attached hydrogens (tertiary/aromatic N) is 3. The van der Waals surface area contributed by atoms with Crippen molar-refractivity contribution in [2.24, 2.45) is 0 Å². The van der Waals surface area contributed by atoms with E-state index in [-0.39, 0.29) is 0 Å². The quantitative estimate of drug-likeness (QED) is 0.759. The fraction of sp³-hybridized carbons (Fsp3) is 0.409. The van der Waals surface area contributed by atoms with Crippen molar-refractivity contribution in [2.45, 2.75) is 20.0 Å². The number of nitrogens with one attached hydrogen (secondary N) is 1. The smallest absolute Gasteiger partial charge is 0.137 e. The summed E-state index contributed by atoms with van der Waals surface area (Å²) in [6.45, 7) is 8.02. The maximum absolute atomic E-state index is 5.80. The molecule has 5 nitrogen and oxygen atoms in total. The molecule has 5 heteroatoms. The van der Waals surface area contributed by atoms with E-state index in [1.165, 1.54) is 38.9 Å². The number of aryl methyl sites for hydroxylation is 1. The molecule has 140 valence electrons. The Labute approximate surface area is 160 Å². The van der Waals surface area contributed by atoms with Crippen LogP contribution in [0.1, 0.15) is 16.7 Å². The Morgan fingerprint density at radius 2 is 1.93 bits per heavy atom. The maximum atomic E-state index is 5.80. The molecule has 1 fully saturated rings. The zero-order chi connectivity index (χ0) is 18.4. The van der Waals surface area contributed by atoms with E-state index in [0.717, 1.165) is 51.5 Å². The van der Waals surface area contributed by atoms with E-state index in [0.29, 0.717) is 0 Å². The number of likely N-dealkylation sites (N-methyl/N-ethyl adjacent to an activating group) is 1. The average Bonchev–Trinajstić information content (AvgIpc) is 3.08. The van der Waals surface area contributed by atoms with Crippen molar-refractivity contribution in [2.75, 3.05) is 44.7 Å². The fourth-order valence-electron chi connectivity index (χ4n) is 4.25. The minimum absolute atomic E-state index is 0.728. The fourth-order valence-corrected chi connectivity index (χ4v) is 4.25. The number of fused-ring (bicyclic) bond motifs is 2. The van der Waals surface area contributed by atoms with Crippen molar-refractivity contribution >= 4 is 16.7 Å². The molecule has 2 aliphatic rings. The van der Waals surface area contributed by atoms with Crippen LogP contribution in [-0.2, 0) is 17.8 Å². The predicted molar refractivity (Wildman–Crippen MR) is 109 cm³/mol. The summed E-state index contributed by atoms with van der Waals surface area (Å²) in [6.07, 6.45) is 5.01. The number of ether oxygens (including phenoxy) is 1. The third-order valence-corrected chi connectivity index (χ3v) is 6.00. The van der Waals surface area contributed by atoms with Crippen molar-refractivity contribution in [1.82, 2.24) is 14.9 Å². The van der Waals surface area contributed by atoms with E-state index >= 15 is 0 Å². The molecule has 0 radical (unpaired) electrons. The second-order valence-electron chi connectivity index (χ2n) is 7.82. The van der Waals surface area contributed by atoms with Gasteiger partial charge in [-0.05, 0) is 49.2 Å². The Kier molecular flexibility index (Phi) is 4.14. The molecule has 0 amide bonds. The SMILES string of the molecule is Cc1c[nH]c2ncc(-c3cc4c(c(N5CCN(C)CC5)c3)COCC4)cc12. The van der Waals surface area contributed by atoms with Gasteiger partial charge in [0.25, 0.3) is 0 Å². The molecule has 3 aromatic rings. The van der Waals surface area contributed by atoms with E-state index in [1.54, 1.807) is 0 Å². The molecule has 5 rings (SSSR count). The van der Waals surface area contributed by atoms with Gasteiger partial charge >= 0.3 is 0 Å². The number of benzene rings is 1. The lowest BCUT2D eigenvalue weighted by molar-refractivity contribution is 0.111. The van der Waals surface area contributed by atoms with Crippen LogP contribution in [0.3, 0.4) is 0 Å². The summed E-state index contributed by atoms with van der Waals surface area (Å²) < 4.78 is 5.80. The third kappa shape index (κ3) is 3.01. The van der Waals surface area contributed by atoms with Gasteiger partial charge in [-0.15, -0.1) is 0 Å². The van der Waals surface area contributed by atoms with Gasteiger partial charge in [-0.2, -0.15) is 0 Å². The number of pyridine rings is 1. The summed E-state index contributed by atoms with van der Waals surface area (Å²) >= 11 is 0. The lowest BCUT2D eigenvalue weighted by atomic mass is 9.94. The van der Waals surface area contributed by atoms with Crippen LogP contribution in [0.25, 0.3) is 22.2 Å². The number of rotatable bonds is 2. The number of piperazine rings is 1. The number of H-pyrrole nitrogens is 1. The lowest BCUT2D eigenvalue weighted by Gasteiger charge is -2.36. The van der Waals surface area contributed by atoms with Crippen molar-refractivity contribution in [3.63, 3.8) is 0 Å². The molecule has 0 aliphatic carbocycles. The van der Waals surface area contributed by atoms with Gasteiger partial charge in [0.2, 0.25) is 0 Å². The zero-order valence-corrected chi connectivity index (χ0v) is 16.1. The van der Waals surface area contributed by atoms with Gasteiger partial charge in [0.15, 0.2) is 0 Å². The van der Waals surface area contributed by atoms with Crippen LogP contribution < -0.4 is 4.90 Å². The van der Waals surface area contributed by atoms with Gasteiger partial charge in [0, 0.05) is 60.8 Å². The van der Waals surface area contributed by atoms with E-state index in [9.17, 15) is 0 Å². The Morgan fingerprint density at radius 3 is 2.78 bits per heavy atom. The molecule has 0 atom stereocenters. The lowest BCUT2D eigenvalue weighted by Crippen LogP contribution is -2.45. The molecule has 0 unspecified atom stereocenters. The number of aromatic amines is 1. The molecule has 2 aliphatic heterocycles. The first-order chi connectivity index (χ1) is 13.2. The Bertz CT molecular complexity index is 985. The van der Waals surface area contributed by atoms with Gasteiger partial charge < -0.3 is 19.5 Å². The minimum Gasteiger partial charge on any atom is -0.376 e. The topological polar surface area (TPSA) is 44.4 Å². The number of hydrogen-bond acceptors (Lipinski definition) is 4. The highest BCUT2D eigenvalue weighted by atomic mass is 16.5. The second kappa shape index (κ2) is 6.66. The molecule has 2 aromatic heterocycles. The second-order valence-corrected chi connectivity index (χ2v) is 7.82. The van der Waals surface area contributed by atoms with Crippen molar-refractivity contribution in [1.29, 1.82) is 0 Å². The summed E-state index contributed by atoms with van der Waals surface area (Å²) in [6, 6.07) is 6.97. The van der Waals surface area contributed by atoms with E-state index in [4.69, 9.17) is 4.74 Å². The number of anilines is 1. The largest absolute Gasteiger partial charge is 0.376 e. The highest BCUT2D eigenvalue weighted by Crippen LogP contribution is 2.35. The van der Waals surface area contributed by atoms with E-state index in [1.807, 2.05) is 12.4 Å². The van der Waals surface area contributed by atoms with Crippen LogP contribution in [0.4, 0.5) is 5.69 Å². The highest BCUT2D eigenvalue weighted by molar-refractivity contribution is 5.85. The first-order valence-electron chi connectivity index (χ1n) is 9.80. The monoisotopic (exact) mass is 362 g/mol. The highest BCUT2D eigenvalue weighted by Gasteiger charge is 2.22. The number of aromatic nitrogens is 2. The van der Waals surface area contributed by atoms with Crippen LogP contribution in [0, 0.1) is 6.92 Å². The van der Waals surface area contributed by atoms with Crippen molar-refractivity contribution in [3.8, 4) is 11.1 Å². The molecule has 0 saturated carbocycles. The van der Waals surface area contributed by atoms with Gasteiger partial charge in [-0.3, -0.25) is 0 Å². The molecule has 1 saturated heterocycles. The average molecular weight is 362 g/mol. The van der Waals surface area contributed by atoms with E-state index in [2.05, 4.69) is 51.9 Å². The van der Waals surface area contributed by atoms with Gasteiger partial charge in [-0.25, -0.2) is 4.98 Å². The van der Waals surface area contributed by atoms with Crippen LogP contribution >= 0.6 is 0 Å². The summed E-state index contributed by atoms with van der Waals surface area (Å²) in [5.41, 5.74) is 8.81. The zero-order valence-electron chi connectivity index (χ0n) is 16.1. The van der Waals surface area contributed by atoms with Crippen LogP contribution in [0.15, 0.2) is 30.6 Å². The van der Waals surface area contributed by atoms with Crippen LogP contribution in [-0.4, -0.2) is 54.7 Å². The van der Waals surface area contributed by atoms with Crippen LogP contribution in [0.5, 0.6) is 0 Å². The minimum atomic E-state index is 0.728. The third-order valence-electron chi connectivity index (χ3n) is 6.00. The molecule has 1 N–H and O–H groups in total. The van der Waals surface area contributed by atoms with E-state index < -0.39 is 0 Å². The molecular weight excluding hydrogens is 336 g/mol. The van der Waals surface area contributed by atoms with Gasteiger partial charge in [0.05, 0.1) is 13.2 Å². The standard InChI is InChI=1S/C22H26N4O/c1-15-12-23-22-19(15)10-18(13-24-22)17-9-16-3-8-27-14-20(16)21(11-17)26-6-4-25(2)5-7-26/h9-13H,3-8,14H2,1-2H3,(H,23,24). The first kappa shape index (κ1) is 16.8. The molecule has 27 heavy (non-hydrogen) atoms. The summed E-state index contributed by atoms with van der Waals surface area (Å²) in [7, 11) is 2.20. The molecular formula is C22H26N4O. The summed E-state index contributed by atoms with van der Waals surface area (Å²) in [5, 5.41) is 1.20. The van der Waals surface area contributed by atoms with Crippen molar-refractivity contribution in [3.05, 3.63) is 47.3 Å². The van der Waals surface area contributed by atoms with Crippen LogP contribution in [0.2, 0.25) is 0 Å². The van der Waals surface area contributed by atoms with Crippen molar-refractivity contribution < 1.29 is 4.74 Å². The molecule has 4 heterocycles. The molecule has 0 bridgehead atoms. The van der Waals surface area contributed by atoms with Gasteiger partial charge in [-0.1, -0.05) is 6.07 Å².